The maximum absolute atomic E-state index is 11.2. The second-order valence-electron chi connectivity index (χ2n) is 9.44. The van der Waals surface area contributed by atoms with Crippen molar-refractivity contribution in [2.24, 2.45) is 5.41 Å². The molecule has 1 aliphatic carbocycles. The lowest BCUT2D eigenvalue weighted by molar-refractivity contribution is -0.147. The molecule has 1 fully saturated rings. The van der Waals surface area contributed by atoms with E-state index in [9.17, 15) is 24.9 Å². The lowest BCUT2D eigenvalue weighted by atomic mass is 9.87. The van der Waals surface area contributed by atoms with E-state index in [2.05, 4.69) is 0 Å². The molecule has 31 heavy (non-hydrogen) atoms. The summed E-state index contributed by atoms with van der Waals surface area (Å²) in [4.78, 5) is 21.7. The third kappa shape index (κ3) is 7.04. The first kappa shape index (κ1) is 24.8. The van der Waals surface area contributed by atoms with Crippen LogP contribution in [0.1, 0.15) is 89.2 Å². The molecule has 0 bridgehead atoms. The average Bonchev–Trinajstić information content (AvgIpc) is 3.47. The number of carbonyl (C=O) groups is 2. The van der Waals surface area contributed by atoms with Crippen molar-refractivity contribution in [1.82, 2.24) is 0 Å². The van der Waals surface area contributed by atoms with Gasteiger partial charge in [0.25, 0.3) is 6.47 Å². The molecule has 0 aromatic heterocycles. The predicted molar refractivity (Wildman–Crippen MR) is 116 cm³/mol. The number of carboxylic acid groups (broad SMARTS) is 1. The number of rotatable bonds is 15. The number of carbonyl (C=O) groups excluding carboxylic acids is 1. The molecule has 1 aliphatic rings. The van der Waals surface area contributed by atoms with Gasteiger partial charge < -0.3 is 25.2 Å². The molecular formula is C24H36O7. The first-order valence-electron chi connectivity index (χ1n) is 11.2. The molecule has 1 saturated carbocycles. The van der Waals surface area contributed by atoms with Crippen molar-refractivity contribution in [2.45, 2.75) is 96.5 Å². The van der Waals surface area contributed by atoms with Crippen molar-refractivity contribution >= 4 is 12.4 Å². The molecule has 0 aliphatic heterocycles. The molecule has 2 rings (SSSR count). The van der Waals surface area contributed by atoms with Crippen LogP contribution >= 0.6 is 0 Å². The molecule has 4 N–H and O–H groups in total. The smallest absolute Gasteiger partial charge is 0.309 e. The SMILES string of the molecule is CC(C)(CCCCCc1c(O)c(O)cc(CCCCCC2(OC=O)CC2)c1O)C(=O)O. The Morgan fingerprint density at radius 2 is 1.68 bits per heavy atom. The molecule has 1 aromatic carbocycles. The minimum absolute atomic E-state index is 0.0316. The minimum atomic E-state index is -0.816. The molecule has 7 heteroatoms. The number of phenols is 3. The maximum atomic E-state index is 11.2. The fraction of sp³-hybridized carbons (Fsp3) is 0.667. The summed E-state index contributed by atoms with van der Waals surface area (Å²) in [6.07, 6.45) is 9.11. The van der Waals surface area contributed by atoms with Crippen LogP contribution in [-0.2, 0) is 27.2 Å². The normalized spacial score (nSPS) is 14.9. The minimum Gasteiger partial charge on any atom is -0.507 e. The van der Waals surface area contributed by atoms with E-state index in [1.54, 1.807) is 13.8 Å². The zero-order valence-electron chi connectivity index (χ0n) is 18.7. The average molecular weight is 437 g/mol. The summed E-state index contributed by atoms with van der Waals surface area (Å²) in [5, 5.41) is 40.0. The summed E-state index contributed by atoms with van der Waals surface area (Å²) in [6.45, 7) is 3.93. The number of hydrogen-bond acceptors (Lipinski definition) is 6. The molecule has 1 aromatic rings. The van der Waals surface area contributed by atoms with Gasteiger partial charge in [0.15, 0.2) is 11.5 Å². The standard InChI is InChI=1S/C24H36O7/c1-23(2,22(29)30)11-7-4-6-10-18-20(27)17(15-19(26)21(18)28)9-5-3-8-12-24(13-14-24)31-16-25/h15-16,26-28H,3-14H2,1-2H3,(H,29,30). The van der Waals surface area contributed by atoms with Crippen molar-refractivity contribution in [3.63, 3.8) is 0 Å². The fourth-order valence-electron chi connectivity index (χ4n) is 3.95. The fourth-order valence-corrected chi connectivity index (χ4v) is 3.95. The van der Waals surface area contributed by atoms with E-state index < -0.39 is 11.4 Å². The van der Waals surface area contributed by atoms with Crippen LogP contribution in [0.4, 0.5) is 0 Å². The summed E-state index contributed by atoms with van der Waals surface area (Å²) in [7, 11) is 0. The number of phenolic OH excluding ortho intramolecular Hbond substituents is 3. The van der Waals surface area contributed by atoms with E-state index in [0.717, 1.165) is 51.4 Å². The Morgan fingerprint density at radius 3 is 2.29 bits per heavy atom. The number of aryl methyl sites for hydroxylation is 1. The number of benzene rings is 1. The molecule has 7 nitrogen and oxygen atoms in total. The quantitative estimate of drug-likeness (QED) is 0.134. The summed E-state index contributed by atoms with van der Waals surface area (Å²) in [5.74, 6) is -1.30. The molecule has 0 unspecified atom stereocenters. The van der Waals surface area contributed by atoms with Crippen LogP contribution in [0.15, 0.2) is 6.07 Å². The van der Waals surface area contributed by atoms with Crippen molar-refractivity contribution in [3.05, 3.63) is 17.2 Å². The zero-order valence-corrected chi connectivity index (χ0v) is 18.7. The number of ether oxygens (including phenoxy) is 1. The summed E-state index contributed by atoms with van der Waals surface area (Å²) < 4.78 is 5.14. The van der Waals surface area contributed by atoms with Crippen LogP contribution in [0.5, 0.6) is 17.2 Å². The van der Waals surface area contributed by atoms with Crippen LogP contribution < -0.4 is 0 Å². The van der Waals surface area contributed by atoms with Crippen molar-refractivity contribution < 1.29 is 34.8 Å². The Hall–Kier alpha value is -2.44. The van der Waals surface area contributed by atoms with Gasteiger partial charge in [0.1, 0.15) is 11.4 Å². The van der Waals surface area contributed by atoms with Crippen molar-refractivity contribution in [2.75, 3.05) is 0 Å². The molecule has 0 radical (unpaired) electrons. The van der Waals surface area contributed by atoms with E-state index in [1.807, 2.05) is 0 Å². The van der Waals surface area contributed by atoms with E-state index in [0.29, 0.717) is 43.3 Å². The Morgan fingerprint density at radius 1 is 1.03 bits per heavy atom. The van der Waals surface area contributed by atoms with Gasteiger partial charge in [-0.1, -0.05) is 19.3 Å². The first-order valence-corrected chi connectivity index (χ1v) is 11.2. The highest BCUT2D eigenvalue weighted by Crippen LogP contribution is 2.44. The second-order valence-corrected chi connectivity index (χ2v) is 9.44. The van der Waals surface area contributed by atoms with Gasteiger partial charge in [0.2, 0.25) is 0 Å². The van der Waals surface area contributed by atoms with Gasteiger partial charge in [-0.15, -0.1) is 0 Å². The van der Waals surface area contributed by atoms with E-state index in [1.165, 1.54) is 6.07 Å². The van der Waals surface area contributed by atoms with Gasteiger partial charge in [-0.05, 0) is 83.3 Å². The Bertz CT molecular complexity index is 766. The van der Waals surface area contributed by atoms with Gasteiger partial charge in [-0.25, -0.2) is 0 Å². The van der Waals surface area contributed by atoms with Crippen LogP contribution in [0.2, 0.25) is 0 Å². The van der Waals surface area contributed by atoms with Gasteiger partial charge >= 0.3 is 5.97 Å². The highest BCUT2D eigenvalue weighted by molar-refractivity contribution is 5.73. The van der Waals surface area contributed by atoms with Crippen LogP contribution in [0.25, 0.3) is 0 Å². The van der Waals surface area contributed by atoms with Gasteiger partial charge in [-0.2, -0.15) is 0 Å². The number of hydrogen-bond donors (Lipinski definition) is 4. The third-order valence-corrected chi connectivity index (χ3v) is 6.42. The lowest BCUT2D eigenvalue weighted by Gasteiger charge is -2.18. The van der Waals surface area contributed by atoms with Crippen molar-refractivity contribution in [1.29, 1.82) is 0 Å². The van der Waals surface area contributed by atoms with Crippen LogP contribution in [-0.4, -0.2) is 38.5 Å². The third-order valence-electron chi connectivity index (χ3n) is 6.42. The summed E-state index contributed by atoms with van der Waals surface area (Å²) in [6, 6.07) is 1.42. The molecule has 0 heterocycles. The van der Waals surface area contributed by atoms with Crippen LogP contribution in [0, 0.1) is 5.41 Å². The lowest BCUT2D eigenvalue weighted by Crippen LogP contribution is -2.23. The van der Waals surface area contributed by atoms with E-state index in [-0.39, 0.29) is 22.8 Å². The highest BCUT2D eigenvalue weighted by atomic mass is 16.5. The van der Waals surface area contributed by atoms with Gasteiger partial charge in [0.05, 0.1) is 5.41 Å². The topological polar surface area (TPSA) is 124 Å². The predicted octanol–water partition coefficient (Wildman–Crippen LogP) is 4.83. The molecule has 0 spiro atoms. The molecule has 0 saturated heterocycles. The number of aromatic hydroxyl groups is 3. The number of aliphatic carboxylic acids is 1. The van der Waals surface area contributed by atoms with E-state index >= 15 is 0 Å². The Balaban J connectivity index is 1.82. The molecular weight excluding hydrogens is 400 g/mol. The highest BCUT2D eigenvalue weighted by Gasteiger charge is 2.44. The van der Waals surface area contributed by atoms with E-state index in [4.69, 9.17) is 9.84 Å². The molecule has 0 atom stereocenters. The molecule has 0 amide bonds. The molecule has 174 valence electrons. The number of unbranched alkanes of at least 4 members (excludes halogenated alkanes) is 4. The van der Waals surface area contributed by atoms with Crippen LogP contribution in [0.3, 0.4) is 0 Å². The monoisotopic (exact) mass is 436 g/mol. The Kier molecular flexibility index (Phi) is 8.60. The first-order chi connectivity index (χ1) is 14.6. The maximum Gasteiger partial charge on any atom is 0.309 e. The van der Waals surface area contributed by atoms with Gasteiger partial charge in [0, 0.05) is 5.56 Å². The zero-order chi connectivity index (χ0) is 23.1. The second kappa shape index (κ2) is 10.7. The van der Waals surface area contributed by atoms with Crippen molar-refractivity contribution in [3.8, 4) is 17.2 Å². The largest absolute Gasteiger partial charge is 0.507 e. The number of carboxylic acids is 1. The summed E-state index contributed by atoms with van der Waals surface area (Å²) >= 11 is 0. The summed E-state index contributed by atoms with van der Waals surface area (Å²) in [5.41, 5.74) is -0.0412. The Labute approximate surface area is 184 Å². The van der Waals surface area contributed by atoms with Gasteiger partial charge in [-0.3, -0.25) is 9.59 Å².